The highest BCUT2D eigenvalue weighted by molar-refractivity contribution is 5.74. The van der Waals surface area contributed by atoms with Crippen molar-refractivity contribution in [3.8, 4) is 11.3 Å². The zero-order valence-corrected chi connectivity index (χ0v) is 17.9. The van der Waals surface area contributed by atoms with Crippen molar-refractivity contribution in [3.05, 3.63) is 47.4 Å². The van der Waals surface area contributed by atoms with Gasteiger partial charge >= 0.3 is 0 Å². The summed E-state index contributed by atoms with van der Waals surface area (Å²) in [5.41, 5.74) is 2.44. The summed E-state index contributed by atoms with van der Waals surface area (Å²) in [7, 11) is 3.14. The van der Waals surface area contributed by atoms with Crippen molar-refractivity contribution in [1.82, 2.24) is 9.97 Å². The van der Waals surface area contributed by atoms with Gasteiger partial charge in [-0.25, -0.2) is 19.4 Å². The number of carboxylic acid groups (broad SMARTS) is 1. The summed E-state index contributed by atoms with van der Waals surface area (Å²) in [6.45, 7) is 3.90. The average molecular weight is 432 g/mol. The monoisotopic (exact) mass is 432 g/mol. The second-order valence-corrected chi connectivity index (χ2v) is 7.40. The lowest BCUT2D eigenvalue weighted by Gasteiger charge is -2.20. The van der Waals surface area contributed by atoms with E-state index in [1.165, 1.54) is 30.4 Å². The molecule has 31 heavy (non-hydrogen) atoms. The number of halogens is 1. The fourth-order valence-electron chi connectivity index (χ4n) is 2.97. The van der Waals surface area contributed by atoms with Gasteiger partial charge in [-0.05, 0) is 30.2 Å². The van der Waals surface area contributed by atoms with E-state index in [-0.39, 0.29) is 18.2 Å². The summed E-state index contributed by atoms with van der Waals surface area (Å²) >= 11 is 0. The molecule has 2 N–H and O–H groups in total. The van der Waals surface area contributed by atoms with Crippen LogP contribution in [0.4, 0.5) is 10.3 Å². The van der Waals surface area contributed by atoms with Gasteiger partial charge in [-0.2, -0.15) is 0 Å². The number of aromatic nitrogens is 2. The number of rotatable bonds is 10. The number of benzene rings is 1. The molecule has 0 radical (unpaired) electrons. The quantitative estimate of drug-likeness (QED) is 0.544. The number of nitrogens with zero attached hydrogens (tertiary/aromatic N) is 3. The summed E-state index contributed by atoms with van der Waals surface area (Å²) in [6.07, 6.45) is -0.00354. The van der Waals surface area contributed by atoms with Crippen LogP contribution in [0.3, 0.4) is 0 Å². The maximum Gasteiger partial charge on any atom is 0.250 e. The first-order chi connectivity index (χ1) is 14.6. The lowest BCUT2D eigenvalue weighted by molar-refractivity contribution is -0.307. The Kier molecular flexibility index (Phi) is 8.61. The van der Waals surface area contributed by atoms with E-state index >= 15 is 0 Å². The molecule has 2 atom stereocenters. The summed E-state index contributed by atoms with van der Waals surface area (Å²) < 4.78 is 13.5. The first-order valence-electron chi connectivity index (χ1n) is 9.82. The molecule has 0 fully saturated rings. The van der Waals surface area contributed by atoms with E-state index in [0.717, 1.165) is 0 Å². The Labute approximate surface area is 180 Å². The molecule has 0 saturated carbocycles. The molecule has 2 aromatic rings. The van der Waals surface area contributed by atoms with E-state index in [1.54, 1.807) is 25.3 Å². The molecule has 0 spiro atoms. The van der Waals surface area contributed by atoms with E-state index in [0.29, 0.717) is 28.5 Å². The number of hydrogen-bond acceptors (Lipinski definition) is 8. The molecule has 168 valence electrons. The van der Waals surface area contributed by atoms with Gasteiger partial charge in [-0.1, -0.05) is 26.0 Å². The minimum atomic E-state index is -1.39. The van der Waals surface area contributed by atoms with Gasteiger partial charge in [0.1, 0.15) is 5.82 Å². The largest absolute Gasteiger partial charge is 0.550 e. The standard InChI is InChI=1S/C22H28FN3O5/c1-13(2)20-18(10-9-16(27)11-17(28)12-19(29)30)21(14-5-7-15(23)8-6-14)25-22(24-20)26(3)31-4/h5-10,13,16-17,27-28H,11-12H2,1-4H3,(H,29,30)/p-1/b10-9+/t16-,17-/m1/s1. The zero-order chi connectivity index (χ0) is 23.1. The highest BCUT2D eigenvalue weighted by Gasteiger charge is 2.19. The van der Waals surface area contributed by atoms with Crippen LogP contribution in [0.25, 0.3) is 17.3 Å². The van der Waals surface area contributed by atoms with Gasteiger partial charge in [-0.3, -0.25) is 4.84 Å². The van der Waals surface area contributed by atoms with E-state index < -0.39 is 24.6 Å². The molecule has 1 heterocycles. The van der Waals surface area contributed by atoms with Gasteiger partial charge in [-0.15, -0.1) is 0 Å². The zero-order valence-electron chi connectivity index (χ0n) is 17.9. The van der Waals surface area contributed by atoms with E-state index in [1.807, 2.05) is 13.8 Å². The Hall–Kier alpha value is -2.88. The molecule has 0 amide bonds. The Morgan fingerprint density at radius 2 is 1.90 bits per heavy atom. The number of hydroxylamine groups is 1. The van der Waals surface area contributed by atoms with Crippen LogP contribution in [0.15, 0.2) is 30.3 Å². The molecule has 0 bridgehead atoms. The summed E-state index contributed by atoms with van der Waals surface area (Å²) in [4.78, 5) is 24.9. The van der Waals surface area contributed by atoms with Gasteiger partial charge < -0.3 is 20.1 Å². The van der Waals surface area contributed by atoms with Crippen molar-refractivity contribution in [3.63, 3.8) is 0 Å². The Bertz CT molecular complexity index is 918. The lowest BCUT2D eigenvalue weighted by Crippen LogP contribution is -2.29. The second kappa shape index (κ2) is 10.9. The van der Waals surface area contributed by atoms with Crippen molar-refractivity contribution >= 4 is 18.0 Å². The van der Waals surface area contributed by atoms with Gasteiger partial charge in [0.05, 0.1) is 30.7 Å². The minimum Gasteiger partial charge on any atom is -0.550 e. The third kappa shape index (κ3) is 6.81. The molecule has 0 unspecified atom stereocenters. The first kappa shape index (κ1) is 24.4. The molecule has 0 aliphatic carbocycles. The van der Waals surface area contributed by atoms with Gasteiger partial charge in [0, 0.05) is 37.0 Å². The maximum absolute atomic E-state index is 13.5. The molecule has 2 rings (SSSR count). The number of aliphatic hydroxyl groups is 2. The summed E-state index contributed by atoms with van der Waals surface area (Å²) in [6, 6.07) is 5.83. The van der Waals surface area contributed by atoms with Gasteiger partial charge in [0.15, 0.2) is 0 Å². The molecule has 9 heteroatoms. The van der Waals surface area contributed by atoms with Gasteiger partial charge in [0.25, 0.3) is 0 Å². The molecule has 8 nitrogen and oxygen atoms in total. The Morgan fingerprint density at radius 1 is 1.26 bits per heavy atom. The van der Waals surface area contributed by atoms with Crippen molar-refractivity contribution in [1.29, 1.82) is 0 Å². The molecular formula is C22H27FN3O5-. The van der Waals surface area contributed by atoms with Crippen LogP contribution in [0.1, 0.15) is 43.9 Å². The van der Waals surface area contributed by atoms with Gasteiger partial charge in [0.2, 0.25) is 5.95 Å². The van der Waals surface area contributed by atoms with E-state index in [4.69, 9.17) is 4.84 Å². The molecule has 1 aromatic carbocycles. The number of aliphatic hydroxyl groups excluding tert-OH is 2. The van der Waals surface area contributed by atoms with Crippen LogP contribution in [0.2, 0.25) is 0 Å². The number of anilines is 1. The molecule has 1 aromatic heterocycles. The van der Waals surface area contributed by atoms with Crippen LogP contribution >= 0.6 is 0 Å². The van der Waals surface area contributed by atoms with Crippen LogP contribution in [0.5, 0.6) is 0 Å². The third-order valence-electron chi connectivity index (χ3n) is 4.58. The second-order valence-electron chi connectivity index (χ2n) is 7.40. The topological polar surface area (TPSA) is 119 Å². The highest BCUT2D eigenvalue weighted by Crippen LogP contribution is 2.31. The summed E-state index contributed by atoms with van der Waals surface area (Å²) in [5.74, 6) is -1.49. The van der Waals surface area contributed by atoms with E-state index in [9.17, 15) is 24.5 Å². The fourth-order valence-corrected chi connectivity index (χ4v) is 2.97. The minimum absolute atomic E-state index is 0.0216. The Morgan fingerprint density at radius 3 is 2.45 bits per heavy atom. The summed E-state index contributed by atoms with van der Waals surface area (Å²) in [5, 5.41) is 31.9. The van der Waals surface area contributed by atoms with Crippen molar-refractivity contribution < 1.29 is 29.3 Å². The predicted molar refractivity (Wildman–Crippen MR) is 112 cm³/mol. The van der Waals surface area contributed by atoms with Crippen molar-refractivity contribution in [2.75, 3.05) is 19.2 Å². The van der Waals surface area contributed by atoms with Crippen LogP contribution in [0, 0.1) is 5.82 Å². The molecule has 0 aliphatic rings. The molecule has 0 saturated heterocycles. The molecule has 0 aliphatic heterocycles. The normalized spacial score (nSPS) is 13.5. The highest BCUT2D eigenvalue weighted by atomic mass is 19.1. The average Bonchev–Trinajstić information content (AvgIpc) is 2.70. The van der Waals surface area contributed by atoms with Crippen LogP contribution in [-0.2, 0) is 9.63 Å². The number of carbonyl (C=O) groups is 1. The predicted octanol–water partition coefficient (Wildman–Crippen LogP) is 1.67. The number of carboxylic acids is 1. The van der Waals surface area contributed by atoms with Crippen LogP contribution in [-0.4, -0.2) is 52.5 Å². The van der Waals surface area contributed by atoms with Crippen molar-refractivity contribution in [2.24, 2.45) is 0 Å². The lowest BCUT2D eigenvalue weighted by atomic mass is 9.97. The van der Waals surface area contributed by atoms with Crippen molar-refractivity contribution in [2.45, 2.75) is 44.8 Å². The number of hydrogen-bond donors (Lipinski definition) is 2. The molecular weight excluding hydrogens is 405 g/mol. The maximum atomic E-state index is 13.5. The fraction of sp³-hybridized carbons (Fsp3) is 0.409. The number of aliphatic carboxylic acids is 1. The third-order valence-corrected chi connectivity index (χ3v) is 4.58. The van der Waals surface area contributed by atoms with E-state index in [2.05, 4.69) is 9.97 Å². The first-order valence-corrected chi connectivity index (χ1v) is 9.82. The smallest absolute Gasteiger partial charge is 0.250 e. The van der Waals surface area contributed by atoms with Crippen LogP contribution < -0.4 is 10.2 Å². The number of carbonyl (C=O) groups excluding carboxylic acids is 1. The Balaban J connectivity index is 2.52. The SMILES string of the molecule is CON(C)c1nc(-c2ccc(F)cc2)c(/C=C/[C@@H](O)C[C@@H](O)CC(=O)[O-])c(C(C)C)n1.